The quantitative estimate of drug-likeness (QED) is 0.785. The molecule has 0 amide bonds. The standard InChI is InChI=1S/C10H12INO4S/c1-6-3-4-8(5-9(6)11)17(15,16)12-7(2)10(13)14/h3-5,7,12H,1-2H3,(H,13,14)/t7-/m1/s1. The zero-order valence-corrected chi connectivity index (χ0v) is 12.2. The number of aliphatic carboxylic acids is 1. The highest BCUT2D eigenvalue weighted by molar-refractivity contribution is 14.1. The van der Waals surface area contributed by atoms with Crippen LogP contribution in [0.3, 0.4) is 0 Å². The molecule has 0 aliphatic rings. The van der Waals surface area contributed by atoms with Crippen LogP contribution in [0.1, 0.15) is 12.5 Å². The van der Waals surface area contributed by atoms with Crippen LogP contribution in [0, 0.1) is 10.5 Å². The van der Waals surface area contributed by atoms with Crippen LogP contribution in [-0.4, -0.2) is 25.5 Å². The van der Waals surface area contributed by atoms with Crippen LogP contribution >= 0.6 is 22.6 Å². The van der Waals surface area contributed by atoms with Crippen LogP contribution in [0.15, 0.2) is 23.1 Å². The Balaban J connectivity index is 3.05. The lowest BCUT2D eigenvalue weighted by atomic mass is 10.2. The van der Waals surface area contributed by atoms with E-state index in [1.807, 2.05) is 29.5 Å². The summed E-state index contributed by atoms with van der Waals surface area (Å²) in [5.74, 6) is -1.21. The van der Waals surface area contributed by atoms with Crippen molar-refractivity contribution in [3.05, 3.63) is 27.3 Å². The molecule has 0 saturated carbocycles. The summed E-state index contributed by atoms with van der Waals surface area (Å²) in [6.45, 7) is 3.14. The third-order valence-electron chi connectivity index (χ3n) is 2.16. The van der Waals surface area contributed by atoms with Crippen molar-refractivity contribution in [3.8, 4) is 0 Å². The molecule has 5 nitrogen and oxygen atoms in total. The van der Waals surface area contributed by atoms with Gasteiger partial charge in [-0.15, -0.1) is 0 Å². The van der Waals surface area contributed by atoms with Crippen LogP contribution < -0.4 is 4.72 Å². The van der Waals surface area contributed by atoms with Crippen LogP contribution in [0.25, 0.3) is 0 Å². The van der Waals surface area contributed by atoms with E-state index in [9.17, 15) is 13.2 Å². The summed E-state index contributed by atoms with van der Waals surface area (Å²) < 4.78 is 26.6. The fourth-order valence-electron chi connectivity index (χ4n) is 1.09. The Morgan fingerprint density at radius 2 is 2.06 bits per heavy atom. The Morgan fingerprint density at radius 3 is 2.53 bits per heavy atom. The Labute approximate surface area is 113 Å². The highest BCUT2D eigenvalue weighted by Crippen LogP contribution is 2.17. The molecule has 0 aliphatic carbocycles. The molecule has 7 heteroatoms. The van der Waals surface area contributed by atoms with E-state index in [1.54, 1.807) is 6.07 Å². The first-order valence-corrected chi connectivity index (χ1v) is 7.31. The lowest BCUT2D eigenvalue weighted by Crippen LogP contribution is -2.38. The molecule has 0 unspecified atom stereocenters. The third kappa shape index (κ3) is 3.65. The average molecular weight is 369 g/mol. The molecule has 1 atom stereocenters. The van der Waals surface area contributed by atoms with E-state index in [0.29, 0.717) is 0 Å². The van der Waals surface area contributed by atoms with E-state index in [1.165, 1.54) is 19.1 Å². The molecule has 0 aliphatic heterocycles. The van der Waals surface area contributed by atoms with Gasteiger partial charge in [0, 0.05) is 3.57 Å². The fraction of sp³-hybridized carbons (Fsp3) is 0.300. The van der Waals surface area contributed by atoms with Gasteiger partial charge in [0.1, 0.15) is 6.04 Å². The van der Waals surface area contributed by atoms with Gasteiger partial charge in [0.05, 0.1) is 4.90 Å². The maximum atomic E-state index is 11.8. The molecule has 0 heterocycles. The number of carbonyl (C=O) groups is 1. The number of benzene rings is 1. The first kappa shape index (κ1) is 14.4. The van der Waals surface area contributed by atoms with Crippen molar-refractivity contribution in [1.29, 1.82) is 0 Å². The molecule has 0 radical (unpaired) electrons. The molecule has 0 bridgehead atoms. The van der Waals surface area contributed by atoms with Crippen molar-refractivity contribution < 1.29 is 18.3 Å². The minimum absolute atomic E-state index is 0.0700. The molecule has 17 heavy (non-hydrogen) atoms. The predicted octanol–water partition coefficient (Wildman–Crippen LogP) is 1.35. The molecule has 94 valence electrons. The average Bonchev–Trinajstić information content (AvgIpc) is 2.21. The summed E-state index contributed by atoms with van der Waals surface area (Å²) in [5.41, 5.74) is 0.968. The van der Waals surface area contributed by atoms with Crippen LogP contribution in [-0.2, 0) is 14.8 Å². The van der Waals surface area contributed by atoms with Gasteiger partial charge in [-0.2, -0.15) is 4.72 Å². The van der Waals surface area contributed by atoms with Crippen molar-refractivity contribution >= 4 is 38.6 Å². The Kier molecular flexibility index (Phi) is 4.50. The van der Waals surface area contributed by atoms with Gasteiger partial charge < -0.3 is 5.11 Å². The topological polar surface area (TPSA) is 83.5 Å². The molecule has 0 saturated heterocycles. The summed E-state index contributed by atoms with van der Waals surface area (Å²) in [4.78, 5) is 10.7. The van der Waals surface area contributed by atoms with E-state index < -0.39 is 22.0 Å². The van der Waals surface area contributed by atoms with Crippen molar-refractivity contribution in [1.82, 2.24) is 4.72 Å². The van der Waals surface area contributed by atoms with Gasteiger partial charge >= 0.3 is 5.97 Å². The van der Waals surface area contributed by atoms with Crippen LogP contribution in [0.2, 0.25) is 0 Å². The summed E-state index contributed by atoms with van der Waals surface area (Å²) in [6.07, 6.45) is 0. The summed E-state index contributed by atoms with van der Waals surface area (Å²) in [6, 6.07) is 3.49. The molecule has 1 rings (SSSR count). The molecule has 0 spiro atoms. The van der Waals surface area contributed by atoms with E-state index in [-0.39, 0.29) is 4.90 Å². The zero-order valence-electron chi connectivity index (χ0n) is 9.27. The van der Waals surface area contributed by atoms with Crippen LogP contribution in [0.5, 0.6) is 0 Å². The minimum Gasteiger partial charge on any atom is -0.480 e. The second kappa shape index (κ2) is 5.32. The van der Waals surface area contributed by atoms with Crippen LogP contribution in [0.4, 0.5) is 0 Å². The number of carboxylic acids is 1. The number of aryl methyl sites for hydroxylation is 1. The number of halogens is 1. The van der Waals surface area contributed by atoms with Gasteiger partial charge in [-0.3, -0.25) is 4.79 Å². The van der Waals surface area contributed by atoms with E-state index in [2.05, 4.69) is 4.72 Å². The fourth-order valence-corrected chi connectivity index (χ4v) is 3.04. The van der Waals surface area contributed by atoms with Crippen molar-refractivity contribution in [2.24, 2.45) is 0 Å². The molecular formula is C10H12INO4S. The van der Waals surface area contributed by atoms with Crippen molar-refractivity contribution in [2.75, 3.05) is 0 Å². The van der Waals surface area contributed by atoms with Gasteiger partial charge in [0.2, 0.25) is 10.0 Å². The number of hydrogen-bond acceptors (Lipinski definition) is 3. The molecular weight excluding hydrogens is 357 g/mol. The maximum absolute atomic E-state index is 11.8. The number of hydrogen-bond donors (Lipinski definition) is 2. The van der Waals surface area contributed by atoms with Gasteiger partial charge in [-0.25, -0.2) is 8.42 Å². The Morgan fingerprint density at radius 1 is 1.47 bits per heavy atom. The van der Waals surface area contributed by atoms with E-state index >= 15 is 0 Å². The van der Waals surface area contributed by atoms with Gasteiger partial charge in [-0.05, 0) is 54.1 Å². The number of carboxylic acid groups (broad SMARTS) is 1. The Bertz CT molecular complexity index is 541. The normalized spacial score (nSPS) is 13.4. The largest absolute Gasteiger partial charge is 0.480 e. The highest BCUT2D eigenvalue weighted by atomic mass is 127. The third-order valence-corrected chi connectivity index (χ3v) is 4.86. The first-order chi connectivity index (χ1) is 7.74. The number of sulfonamides is 1. The van der Waals surface area contributed by atoms with Crippen molar-refractivity contribution in [2.45, 2.75) is 24.8 Å². The molecule has 1 aromatic rings. The monoisotopic (exact) mass is 369 g/mol. The maximum Gasteiger partial charge on any atom is 0.321 e. The number of rotatable bonds is 4. The van der Waals surface area contributed by atoms with Gasteiger partial charge in [-0.1, -0.05) is 6.07 Å². The highest BCUT2D eigenvalue weighted by Gasteiger charge is 2.21. The minimum atomic E-state index is -3.78. The molecule has 1 aromatic carbocycles. The van der Waals surface area contributed by atoms with E-state index in [4.69, 9.17) is 5.11 Å². The zero-order chi connectivity index (χ0) is 13.2. The Hall–Kier alpha value is -0.670. The summed E-state index contributed by atoms with van der Waals surface area (Å²) >= 11 is 2.03. The molecule has 0 aromatic heterocycles. The molecule has 2 N–H and O–H groups in total. The lowest BCUT2D eigenvalue weighted by Gasteiger charge is -2.11. The summed E-state index contributed by atoms with van der Waals surface area (Å²) in [5, 5.41) is 8.66. The SMILES string of the molecule is Cc1ccc(S(=O)(=O)N[C@H](C)C(=O)O)cc1I. The summed E-state index contributed by atoms with van der Waals surface area (Å²) in [7, 11) is -3.78. The lowest BCUT2D eigenvalue weighted by molar-refractivity contribution is -0.138. The second-order valence-electron chi connectivity index (χ2n) is 3.59. The van der Waals surface area contributed by atoms with Crippen molar-refractivity contribution in [3.63, 3.8) is 0 Å². The van der Waals surface area contributed by atoms with E-state index in [0.717, 1.165) is 9.13 Å². The predicted molar refractivity (Wildman–Crippen MR) is 71.3 cm³/mol. The number of nitrogens with one attached hydrogen (secondary N) is 1. The first-order valence-electron chi connectivity index (χ1n) is 4.75. The second-order valence-corrected chi connectivity index (χ2v) is 6.47. The molecule has 0 fully saturated rings. The van der Waals surface area contributed by atoms with Gasteiger partial charge in [0.15, 0.2) is 0 Å². The smallest absolute Gasteiger partial charge is 0.321 e. The van der Waals surface area contributed by atoms with Gasteiger partial charge in [0.25, 0.3) is 0 Å².